The van der Waals surface area contributed by atoms with Crippen LogP contribution in [-0.2, 0) is 0 Å². The van der Waals surface area contributed by atoms with Crippen LogP contribution in [0.3, 0.4) is 0 Å². The fourth-order valence-electron chi connectivity index (χ4n) is 1.74. The first-order valence-electron chi connectivity index (χ1n) is 6.51. The maximum atomic E-state index is 12.1. The number of amides is 1. The lowest BCUT2D eigenvalue weighted by Crippen LogP contribution is -2.39. The molecule has 0 unspecified atom stereocenters. The van der Waals surface area contributed by atoms with Gasteiger partial charge in [0.1, 0.15) is 5.69 Å². The lowest BCUT2D eigenvalue weighted by atomic mass is 10.1. The SMILES string of the molecule is CCCNc1ccc(C(=O)N(C)CC(C)(C)O)nc1. The third-order valence-corrected chi connectivity index (χ3v) is 2.53. The topological polar surface area (TPSA) is 65.5 Å². The van der Waals surface area contributed by atoms with Crippen molar-refractivity contribution in [1.82, 2.24) is 9.88 Å². The standard InChI is InChI=1S/C14H23N3O2/c1-5-8-15-11-6-7-12(16-9-11)13(18)17(4)10-14(2,3)19/h6-7,9,15,19H,5,8,10H2,1-4H3. The average Bonchev–Trinajstić information content (AvgIpc) is 2.34. The minimum Gasteiger partial charge on any atom is -0.389 e. The van der Waals surface area contributed by atoms with Gasteiger partial charge in [0.2, 0.25) is 0 Å². The van der Waals surface area contributed by atoms with Gasteiger partial charge in [0.15, 0.2) is 0 Å². The molecule has 1 heterocycles. The molecular weight excluding hydrogens is 242 g/mol. The third kappa shape index (κ3) is 5.26. The average molecular weight is 265 g/mol. The molecule has 1 rings (SSSR count). The maximum Gasteiger partial charge on any atom is 0.272 e. The molecule has 106 valence electrons. The van der Waals surface area contributed by atoms with Crippen molar-refractivity contribution in [3.05, 3.63) is 24.0 Å². The first-order chi connectivity index (χ1) is 8.83. The van der Waals surface area contributed by atoms with Crippen LogP contribution in [0.25, 0.3) is 0 Å². The van der Waals surface area contributed by atoms with Gasteiger partial charge in [0, 0.05) is 20.1 Å². The third-order valence-electron chi connectivity index (χ3n) is 2.53. The van der Waals surface area contributed by atoms with E-state index in [-0.39, 0.29) is 12.5 Å². The van der Waals surface area contributed by atoms with Crippen molar-refractivity contribution < 1.29 is 9.90 Å². The Morgan fingerprint density at radius 2 is 2.16 bits per heavy atom. The molecule has 0 spiro atoms. The van der Waals surface area contributed by atoms with Crippen molar-refractivity contribution in [3.8, 4) is 0 Å². The van der Waals surface area contributed by atoms with E-state index in [4.69, 9.17) is 0 Å². The Morgan fingerprint density at radius 1 is 1.47 bits per heavy atom. The zero-order valence-electron chi connectivity index (χ0n) is 12.1. The fraction of sp³-hybridized carbons (Fsp3) is 0.571. The van der Waals surface area contributed by atoms with Gasteiger partial charge in [0.25, 0.3) is 5.91 Å². The van der Waals surface area contributed by atoms with E-state index in [1.807, 2.05) is 6.07 Å². The predicted molar refractivity (Wildman–Crippen MR) is 76.3 cm³/mol. The van der Waals surface area contributed by atoms with Crippen molar-refractivity contribution in [2.24, 2.45) is 0 Å². The van der Waals surface area contributed by atoms with Crippen molar-refractivity contribution in [3.63, 3.8) is 0 Å². The second-order valence-corrected chi connectivity index (χ2v) is 5.33. The summed E-state index contributed by atoms with van der Waals surface area (Å²) in [5, 5.41) is 12.9. The van der Waals surface area contributed by atoms with Gasteiger partial charge in [-0.05, 0) is 32.4 Å². The zero-order chi connectivity index (χ0) is 14.5. The Bertz CT molecular complexity index is 410. The molecule has 0 bridgehead atoms. The Kier molecular flexibility index (Phi) is 5.30. The number of nitrogens with zero attached hydrogens (tertiary/aromatic N) is 2. The summed E-state index contributed by atoms with van der Waals surface area (Å²) in [5.74, 6) is -0.191. The monoisotopic (exact) mass is 265 g/mol. The first kappa shape index (κ1) is 15.4. The second kappa shape index (κ2) is 6.52. The lowest BCUT2D eigenvalue weighted by Gasteiger charge is -2.25. The fourth-order valence-corrected chi connectivity index (χ4v) is 1.74. The van der Waals surface area contributed by atoms with E-state index in [1.54, 1.807) is 33.2 Å². The maximum absolute atomic E-state index is 12.1. The normalized spacial score (nSPS) is 11.2. The summed E-state index contributed by atoms with van der Waals surface area (Å²) >= 11 is 0. The summed E-state index contributed by atoms with van der Waals surface area (Å²) in [7, 11) is 1.66. The summed E-state index contributed by atoms with van der Waals surface area (Å²) in [6.07, 6.45) is 2.69. The minimum absolute atomic E-state index is 0.191. The Labute approximate surface area is 114 Å². The van der Waals surface area contributed by atoms with Gasteiger partial charge < -0.3 is 15.3 Å². The van der Waals surface area contributed by atoms with E-state index in [0.717, 1.165) is 18.7 Å². The molecule has 0 aliphatic heterocycles. The van der Waals surface area contributed by atoms with Crippen LogP contribution >= 0.6 is 0 Å². The van der Waals surface area contributed by atoms with Crippen molar-refractivity contribution in [2.75, 3.05) is 25.5 Å². The molecule has 0 radical (unpaired) electrons. The molecule has 1 aromatic heterocycles. The Hall–Kier alpha value is -1.62. The smallest absolute Gasteiger partial charge is 0.272 e. The van der Waals surface area contributed by atoms with Crippen molar-refractivity contribution in [2.45, 2.75) is 32.8 Å². The second-order valence-electron chi connectivity index (χ2n) is 5.33. The van der Waals surface area contributed by atoms with Crippen LogP contribution in [-0.4, -0.2) is 46.6 Å². The quantitative estimate of drug-likeness (QED) is 0.822. The van der Waals surface area contributed by atoms with Crippen LogP contribution < -0.4 is 5.32 Å². The number of carbonyl (C=O) groups is 1. The Morgan fingerprint density at radius 3 is 2.63 bits per heavy atom. The van der Waals surface area contributed by atoms with Crippen LogP contribution in [0.5, 0.6) is 0 Å². The molecule has 0 aromatic carbocycles. The number of hydrogen-bond donors (Lipinski definition) is 2. The lowest BCUT2D eigenvalue weighted by molar-refractivity contribution is 0.0365. The number of rotatable bonds is 6. The molecule has 0 aliphatic carbocycles. The van der Waals surface area contributed by atoms with E-state index < -0.39 is 5.60 Å². The largest absolute Gasteiger partial charge is 0.389 e. The molecule has 0 atom stereocenters. The number of aromatic nitrogens is 1. The van der Waals surface area contributed by atoms with E-state index in [0.29, 0.717) is 5.69 Å². The van der Waals surface area contributed by atoms with E-state index in [1.165, 1.54) is 4.90 Å². The van der Waals surface area contributed by atoms with Gasteiger partial charge in [-0.3, -0.25) is 4.79 Å². The predicted octanol–water partition coefficient (Wildman–Crippen LogP) is 1.75. The molecule has 19 heavy (non-hydrogen) atoms. The zero-order valence-corrected chi connectivity index (χ0v) is 12.1. The molecule has 0 saturated heterocycles. The van der Waals surface area contributed by atoms with Gasteiger partial charge in [-0.15, -0.1) is 0 Å². The summed E-state index contributed by atoms with van der Waals surface area (Å²) in [6.45, 7) is 6.57. The number of pyridine rings is 1. The highest BCUT2D eigenvalue weighted by atomic mass is 16.3. The molecule has 1 amide bonds. The number of carbonyl (C=O) groups excluding carboxylic acids is 1. The number of aliphatic hydroxyl groups is 1. The van der Waals surface area contributed by atoms with Gasteiger partial charge in [-0.25, -0.2) is 4.98 Å². The summed E-state index contributed by atoms with van der Waals surface area (Å²) in [4.78, 5) is 17.7. The summed E-state index contributed by atoms with van der Waals surface area (Å²) in [6, 6.07) is 3.54. The van der Waals surface area contributed by atoms with Crippen LogP contribution in [0.4, 0.5) is 5.69 Å². The molecule has 0 saturated carbocycles. The van der Waals surface area contributed by atoms with Crippen molar-refractivity contribution >= 4 is 11.6 Å². The van der Waals surface area contributed by atoms with Gasteiger partial charge in [-0.1, -0.05) is 6.92 Å². The van der Waals surface area contributed by atoms with E-state index >= 15 is 0 Å². The van der Waals surface area contributed by atoms with Crippen LogP contribution in [0.1, 0.15) is 37.7 Å². The number of nitrogens with one attached hydrogen (secondary N) is 1. The molecule has 2 N–H and O–H groups in total. The summed E-state index contributed by atoms with van der Waals surface area (Å²) < 4.78 is 0. The van der Waals surface area contributed by atoms with Gasteiger partial charge in [0.05, 0.1) is 17.5 Å². The molecule has 0 aliphatic rings. The molecule has 0 fully saturated rings. The molecule has 5 nitrogen and oxygen atoms in total. The van der Waals surface area contributed by atoms with Crippen LogP contribution in [0.15, 0.2) is 18.3 Å². The number of likely N-dealkylation sites (N-methyl/N-ethyl adjacent to an activating group) is 1. The number of anilines is 1. The van der Waals surface area contributed by atoms with Crippen LogP contribution in [0, 0.1) is 0 Å². The molecular formula is C14H23N3O2. The van der Waals surface area contributed by atoms with E-state index in [9.17, 15) is 9.90 Å². The van der Waals surface area contributed by atoms with E-state index in [2.05, 4.69) is 17.2 Å². The first-order valence-corrected chi connectivity index (χ1v) is 6.51. The van der Waals surface area contributed by atoms with Gasteiger partial charge >= 0.3 is 0 Å². The highest BCUT2D eigenvalue weighted by Gasteiger charge is 2.20. The van der Waals surface area contributed by atoms with Gasteiger partial charge in [-0.2, -0.15) is 0 Å². The van der Waals surface area contributed by atoms with Crippen LogP contribution in [0.2, 0.25) is 0 Å². The number of hydrogen-bond acceptors (Lipinski definition) is 4. The summed E-state index contributed by atoms with van der Waals surface area (Å²) in [5.41, 5.74) is 0.380. The minimum atomic E-state index is -0.910. The highest BCUT2D eigenvalue weighted by molar-refractivity contribution is 5.92. The molecule has 5 heteroatoms. The molecule has 1 aromatic rings. The Balaban J connectivity index is 2.67. The highest BCUT2D eigenvalue weighted by Crippen LogP contribution is 2.10. The van der Waals surface area contributed by atoms with Crippen molar-refractivity contribution in [1.29, 1.82) is 0 Å².